The average Bonchev–Trinajstić information content (AvgIpc) is 2.93. The van der Waals surface area contributed by atoms with Crippen LogP contribution in [0.4, 0.5) is 5.69 Å². The molecule has 8 heteroatoms. The molecule has 1 saturated heterocycles. The Kier molecular flexibility index (Phi) is 8.19. The van der Waals surface area contributed by atoms with Crippen LogP contribution in [-0.4, -0.2) is 53.9 Å². The van der Waals surface area contributed by atoms with Gasteiger partial charge in [0.1, 0.15) is 6.04 Å². The average molecular weight is 376 g/mol. The summed E-state index contributed by atoms with van der Waals surface area (Å²) in [5, 5.41) is 16.2. The molecule has 0 bridgehead atoms. The minimum absolute atomic E-state index is 0.157. The van der Waals surface area contributed by atoms with Gasteiger partial charge in [-0.3, -0.25) is 19.7 Å². The second-order valence-electron chi connectivity index (χ2n) is 6.90. The molecule has 1 fully saturated rings. The number of nitrogens with one attached hydrogen (secondary N) is 2. The predicted molar refractivity (Wildman–Crippen MR) is 103 cm³/mol. The Bertz CT molecular complexity index is 657. The van der Waals surface area contributed by atoms with E-state index in [0.29, 0.717) is 6.54 Å². The van der Waals surface area contributed by atoms with Gasteiger partial charge in [0.15, 0.2) is 0 Å². The van der Waals surface area contributed by atoms with Crippen molar-refractivity contribution in [2.45, 2.75) is 45.1 Å². The number of hydrogen-bond acceptors (Lipinski definition) is 5. The monoisotopic (exact) mass is 376 g/mol. The van der Waals surface area contributed by atoms with Crippen LogP contribution in [0.5, 0.6) is 0 Å². The number of nitrogens with zero attached hydrogens (tertiary/aromatic N) is 2. The van der Waals surface area contributed by atoms with Crippen LogP contribution in [0.15, 0.2) is 24.3 Å². The number of nitro benzene ring substituents is 1. The minimum Gasteiger partial charge on any atom is -0.354 e. The molecule has 1 aliphatic rings. The van der Waals surface area contributed by atoms with Crippen LogP contribution in [0.3, 0.4) is 0 Å². The highest BCUT2D eigenvalue weighted by Gasteiger charge is 2.18. The van der Waals surface area contributed by atoms with Crippen molar-refractivity contribution in [2.24, 2.45) is 0 Å². The number of amides is 2. The first-order valence-corrected chi connectivity index (χ1v) is 9.53. The molecule has 0 radical (unpaired) electrons. The smallest absolute Gasteiger partial charge is 0.270 e. The Labute approximate surface area is 159 Å². The topological polar surface area (TPSA) is 105 Å². The lowest BCUT2D eigenvalue weighted by Gasteiger charge is -2.20. The Morgan fingerprint density at radius 3 is 2.59 bits per heavy atom. The predicted octanol–water partition coefficient (Wildman–Crippen LogP) is 2.10. The summed E-state index contributed by atoms with van der Waals surface area (Å²) in [6.45, 7) is 5.38. The molecule has 8 nitrogen and oxygen atoms in total. The largest absolute Gasteiger partial charge is 0.354 e. The van der Waals surface area contributed by atoms with Crippen LogP contribution < -0.4 is 10.6 Å². The van der Waals surface area contributed by atoms with Crippen molar-refractivity contribution in [3.05, 3.63) is 39.9 Å². The van der Waals surface area contributed by atoms with Crippen molar-refractivity contribution < 1.29 is 14.5 Å². The second kappa shape index (κ2) is 10.6. The van der Waals surface area contributed by atoms with Crippen molar-refractivity contribution in [1.82, 2.24) is 15.5 Å². The molecule has 2 rings (SSSR count). The standard InChI is InChI=1S/C19H28N4O4/c1-15(21-19(25)16-8-6-9-17(14-16)23(26)27)18(24)20-10-7-13-22-11-4-2-3-5-12-22/h6,8-9,14-15H,2-5,7,10-13H2,1H3,(H,20,24)(H,21,25). The zero-order valence-electron chi connectivity index (χ0n) is 15.8. The van der Waals surface area contributed by atoms with Crippen molar-refractivity contribution in [3.8, 4) is 0 Å². The highest BCUT2D eigenvalue weighted by Crippen LogP contribution is 2.13. The summed E-state index contributed by atoms with van der Waals surface area (Å²) in [6, 6.07) is 4.72. The van der Waals surface area contributed by atoms with E-state index in [2.05, 4.69) is 15.5 Å². The van der Waals surface area contributed by atoms with E-state index in [1.807, 2.05) is 0 Å². The van der Waals surface area contributed by atoms with E-state index < -0.39 is 16.9 Å². The van der Waals surface area contributed by atoms with Gasteiger partial charge in [-0.25, -0.2) is 0 Å². The van der Waals surface area contributed by atoms with Crippen LogP contribution >= 0.6 is 0 Å². The maximum Gasteiger partial charge on any atom is 0.270 e. The summed E-state index contributed by atoms with van der Waals surface area (Å²) in [5.41, 5.74) is -0.00159. The van der Waals surface area contributed by atoms with Crippen molar-refractivity contribution in [1.29, 1.82) is 0 Å². The van der Waals surface area contributed by atoms with Gasteiger partial charge in [-0.1, -0.05) is 18.9 Å². The van der Waals surface area contributed by atoms with Gasteiger partial charge in [0.2, 0.25) is 5.91 Å². The molecule has 2 N–H and O–H groups in total. The molecule has 1 unspecified atom stereocenters. The lowest BCUT2D eigenvalue weighted by molar-refractivity contribution is -0.384. The summed E-state index contributed by atoms with van der Waals surface area (Å²) in [4.78, 5) is 37.0. The zero-order chi connectivity index (χ0) is 19.6. The number of carbonyl (C=O) groups excluding carboxylic acids is 2. The Morgan fingerprint density at radius 1 is 1.22 bits per heavy atom. The molecular weight excluding hydrogens is 348 g/mol. The minimum atomic E-state index is -0.713. The van der Waals surface area contributed by atoms with E-state index in [9.17, 15) is 19.7 Å². The third-order valence-corrected chi connectivity index (χ3v) is 4.71. The number of carbonyl (C=O) groups is 2. The van der Waals surface area contributed by atoms with Gasteiger partial charge in [-0.2, -0.15) is 0 Å². The first-order valence-electron chi connectivity index (χ1n) is 9.53. The van der Waals surface area contributed by atoms with E-state index in [0.717, 1.165) is 26.1 Å². The number of likely N-dealkylation sites (tertiary alicyclic amines) is 1. The van der Waals surface area contributed by atoms with Crippen molar-refractivity contribution >= 4 is 17.5 Å². The SMILES string of the molecule is CC(NC(=O)c1cccc([N+](=O)[O-])c1)C(=O)NCCCN1CCCCCC1. The molecule has 1 atom stereocenters. The fourth-order valence-corrected chi connectivity index (χ4v) is 3.13. The summed E-state index contributed by atoms with van der Waals surface area (Å²) in [5.74, 6) is -0.768. The fraction of sp³-hybridized carbons (Fsp3) is 0.579. The van der Waals surface area contributed by atoms with Crippen LogP contribution in [0.2, 0.25) is 0 Å². The lowest BCUT2D eigenvalue weighted by atomic mass is 10.1. The first kappa shape index (κ1) is 20.8. The highest BCUT2D eigenvalue weighted by molar-refractivity contribution is 5.97. The molecule has 0 aromatic heterocycles. The Hall–Kier alpha value is -2.48. The highest BCUT2D eigenvalue weighted by atomic mass is 16.6. The van der Waals surface area contributed by atoms with Crippen molar-refractivity contribution in [3.63, 3.8) is 0 Å². The van der Waals surface area contributed by atoms with Gasteiger partial charge in [-0.15, -0.1) is 0 Å². The van der Waals surface area contributed by atoms with Gasteiger partial charge in [-0.05, 0) is 51.9 Å². The summed E-state index contributed by atoms with van der Waals surface area (Å²) in [6.07, 6.45) is 5.96. The maximum absolute atomic E-state index is 12.2. The van der Waals surface area contributed by atoms with E-state index in [4.69, 9.17) is 0 Å². The second-order valence-corrected chi connectivity index (χ2v) is 6.90. The summed E-state index contributed by atoms with van der Waals surface area (Å²) in [7, 11) is 0. The number of benzene rings is 1. The lowest BCUT2D eigenvalue weighted by Crippen LogP contribution is -2.45. The van der Waals surface area contributed by atoms with E-state index in [-0.39, 0.29) is 17.2 Å². The fourth-order valence-electron chi connectivity index (χ4n) is 3.13. The third kappa shape index (κ3) is 6.97. The number of nitro groups is 1. The summed E-state index contributed by atoms with van der Waals surface area (Å²) >= 11 is 0. The van der Waals surface area contributed by atoms with Crippen molar-refractivity contribution in [2.75, 3.05) is 26.2 Å². The van der Waals surface area contributed by atoms with Crippen LogP contribution in [-0.2, 0) is 4.79 Å². The molecule has 1 aromatic carbocycles. The normalized spacial score (nSPS) is 16.2. The number of hydrogen-bond donors (Lipinski definition) is 2. The zero-order valence-corrected chi connectivity index (χ0v) is 15.8. The van der Waals surface area contributed by atoms with Gasteiger partial charge in [0, 0.05) is 24.2 Å². The van der Waals surface area contributed by atoms with Gasteiger partial charge < -0.3 is 15.5 Å². The molecule has 2 amide bonds. The third-order valence-electron chi connectivity index (χ3n) is 4.71. The molecule has 1 heterocycles. The molecule has 0 spiro atoms. The molecule has 1 aromatic rings. The quantitative estimate of drug-likeness (QED) is 0.411. The van der Waals surface area contributed by atoms with E-state index in [1.165, 1.54) is 49.9 Å². The summed E-state index contributed by atoms with van der Waals surface area (Å²) < 4.78 is 0. The van der Waals surface area contributed by atoms with E-state index in [1.54, 1.807) is 6.92 Å². The van der Waals surface area contributed by atoms with Crippen LogP contribution in [0.25, 0.3) is 0 Å². The first-order chi connectivity index (χ1) is 13.0. The number of rotatable bonds is 8. The van der Waals surface area contributed by atoms with Gasteiger partial charge >= 0.3 is 0 Å². The molecule has 0 saturated carbocycles. The Morgan fingerprint density at radius 2 is 1.93 bits per heavy atom. The molecule has 1 aliphatic heterocycles. The van der Waals surface area contributed by atoms with Gasteiger partial charge in [0.25, 0.3) is 11.6 Å². The van der Waals surface area contributed by atoms with Crippen LogP contribution in [0, 0.1) is 10.1 Å². The van der Waals surface area contributed by atoms with Gasteiger partial charge in [0.05, 0.1) is 4.92 Å². The maximum atomic E-state index is 12.2. The van der Waals surface area contributed by atoms with E-state index >= 15 is 0 Å². The molecule has 148 valence electrons. The Balaban J connectivity index is 1.72. The number of non-ortho nitro benzene ring substituents is 1. The molecule has 27 heavy (non-hydrogen) atoms. The molecular formula is C19H28N4O4. The molecule has 0 aliphatic carbocycles. The van der Waals surface area contributed by atoms with Crippen LogP contribution in [0.1, 0.15) is 49.4 Å².